The standard InChI is InChI=1S/C18H28N4O4/c1-17(2,15(23)24)13-11-19-16(22-6-4-5-18(3,25)12-22)20-14(13)21-7-9-26-10-8-21/h11,25H,4-10,12H2,1-3H3,(H,23,24)/t18-/m1/s1. The third-order valence-electron chi connectivity index (χ3n) is 5.23. The molecule has 26 heavy (non-hydrogen) atoms. The van der Waals surface area contributed by atoms with E-state index in [0.29, 0.717) is 50.2 Å². The number of morpholine rings is 1. The van der Waals surface area contributed by atoms with Crippen LogP contribution >= 0.6 is 0 Å². The highest BCUT2D eigenvalue weighted by Gasteiger charge is 2.36. The summed E-state index contributed by atoms with van der Waals surface area (Å²) in [6.07, 6.45) is 3.25. The van der Waals surface area contributed by atoms with Gasteiger partial charge < -0.3 is 24.7 Å². The first kappa shape index (κ1) is 18.8. The van der Waals surface area contributed by atoms with Crippen molar-refractivity contribution in [1.29, 1.82) is 0 Å². The summed E-state index contributed by atoms with van der Waals surface area (Å²) in [7, 11) is 0. The number of carbonyl (C=O) groups is 1. The van der Waals surface area contributed by atoms with E-state index in [4.69, 9.17) is 9.72 Å². The Balaban J connectivity index is 2.00. The molecule has 8 heteroatoms. The van der Waals surface area contributed by atoms with Gasteiger partial charge >= 0.3 is 5.97 Å². The molecular weight excluding hydrogens is 336 g/mol. The topological polar surface area (TPSA) is 99.0 Å². The minimum atomic E-state index is -1.10. The molecule has 8 nitrogen and oxygen atoms in total. The van der Waals surface area contributed by atoms with Gasteiger partial charge in [-0.05, 0) is 33.6 Å². The van der Waals surface area contributed by atoms with E-state index in [9.17, 15) is 15.0 Å². The number of ether oxygens (including phenoxy) is 1. The summed E-state index contributed by atoms with van der Waals surface area (Å²) in [5.74, 6) is 0.275. The number of rotatable bonds is 4. The minimum Gasteiger partial charge on any atom is -0.481 e. The summed E-state index contributed by atoms with van der Waals surface area (Å²) in [5.41, 5.74) is -1.27. The van der Waals surface area contributed by atoms with Gasteiger partial charge in [-0.1, -0.05) is 0 Å². The molecule has 0 amide bonds. The van der Waals surface area contributed by atoms with Crippen molar-refractivity contribution < 1.29 is 19.7 Å². The zero-order valence-corrected chi connectivity index (χ0v) is 15.7. The fourth-order valence-corrected chi connectivity index (χ4v) is 3.48. The largest absolute Gasteiger partial charge is 0.481 e. The Morgan fingerprint density at radius 3 is 2.58 bits per heavy atom. The third kappa shape index (κ3) is 3.76. The number of carboxylic acids is 1. The molecule has 0 unspecified atom stereocenters. The first-order valence-electron chi connectivity index (χ1n) is 9.12. The number of carboxylic acid groups (broad SMARTS) is 1. The van der Waals surface area contributed by atoms with Crippen LogP contribution in [0, 0.1) is 0 Å². The van der Waals surface area contributed by atoms with Crippen LogP contribution in [0.4, 0.5) is 11.8 Å². The van der Waals surface area contributed by atoms with E-state index in [2.05, 4.69) is 9.88 Å². The first-order chi connectivity index (χ1) is 12.2. The second kappa shape index (κ2) is 7.00. The number of nitrogens with zero attached hydrogens (tertiary/aromatic N) is 4. The Bertz CT molecular complexity index is 671. The summed E-state index contributed by atoms with van der Waals surface area (Å²) < 4.78 is 5.42. The summed E-state index contributed by atoms with van der Waals surface area (Å²) >= 11 is 0. The second-order valence-corrected chi connectivity index (χ2v) is 7.96. The molecule has 0 bridgehead atoms. The Morgan fingerprint density at radius 2 is 1.96 bits per heavy atom. The lowest BCUT2D eigenvalue weighted by atomic mass is 9.85. The van der Waals surface area contributed by atoms with Gasteiger partial charge in [0.2, 0.25) is 5.95 Å². The predicted octanol–water partition coefficient (Wildman–Crippen LogP) is 1.03. The van der Waals surface area contributed by atoms with Crippen LogP contribution in [0.3, 0.4) is 0 Å². The van der Waals surface area contributed by atoms with E-state index in [1.54, 1.807) is 20.0 Å². The molecular formula is C18H28N4O4. The van der Waals surface area contributed by atoms with Crippen molar-refractivity contribution in [2.45, 2.75) is 44.6 Å². The first-order valence-corrected chi connectivity index (χ1v) is 9.12. The van der Waals surface area contributed by atoms with Crippen LogP contribution < -0.4 is 9.80 Å². The van der Waals surface area contributed by atoms with Crippen molar-refractivity contribution in [2.75, 3.05) is 49.2 Å². The molecule has 1 aromatic heterocycles. The molecule has 3 heterocycles. The lowest BCUT2D eigenvalue weighted by Gasteiger charge is -2.38. The quantitative estimate of drug-likeness (QED) is 0.817. The monoisotopic (exact) mass is 364 g/mol. The van der Waals surface area contributed by atoms with Crippen LogP contribution in [0.1, 0.15) is 39.2 Å². The van der Waals surface area contributed by atoms with Gasteiger partial charge in [0, 0.05) is 37.9 Å². The van der Waals surface area contributed by atoms with Gasteiger partial charge in [0.1, 0.15) is 5.82 Å². The van der Waals surface area contributed by atoms with E-state index in [1.807, 2.05) is 11.8 Å². The van der Waals surface area contributed by atoms with Crippen LogP contribution in [0.2, 0.25) is 0 Å². The molecule has 1 atom stereocenters. The molecule has 0 aliphatic carbocycles. The number of β-amino-alcohol motifs (C(OH)–C–C–N with tert-alkyl or cyclic N) is 1. The molecule has 3 rings (SSSR count). The van der Waals surface area contributed by atoms with Crippen molar-refractivity contribution in [3.8, 4) is 0 Å². The van der Waals surface area contributed by atoms with Gasteiger partial charge in [-0.15, -0.1) is 0 Å². The third-order valence-corrected chi connectivity index (χ3v) is 5.23. The minimum absolute atomic E-state index is 0.469. The Kier molecular flexibility index (Phi) is 5.07. The van der Waals surface area contributed by atoms with Gasteiger partial charge in [-0.25, -0.2) is 4.98 Å². The zero-order chi connectivity index (χ0) is 18.9. The number of anilines is 2. The normalized spacial score (nSPS) is 24.6. The van der Waals surface area contributed by atoms with Gasteiger partial charge in [-0.3, -0.25) is 4.79 Å². The van der Waals surface area contributed by atoms with Crippen LogP contribution in [-0.2, 0) is 14.9 Å². The molecule has 0 radical (unpaired) electrons. The molecule has 0 spiro atoms. The van der Waals surface area contributed by atoms with E-state index < -0.39 is 17.0 Å². The van der Waals surface area contributed by atoms with Crippen LogP contribution in [-0.4, -0.2) is 71.1 Å². The molecule has 2 fully saturated rings. The van der Waals surface area contributed by atoms with E-state index in [0.717, 1.165) is 19.4 Å². The van der Waals surface area contributed by atoms with Gasteiger partial charge in [0.25, 0.3) is 0 Å². The molecule has 2 N–H and O–H groups in total. The lowest BCUT2D eigenvalue weighted by Crippen LogP contribution is -2.47. The van der Waals surface area contributed by atoms with Crippen molar-refractivity contribution in [3.63, 3.8) is 0 Å². The number of aliphatic carboxylic acids is 1. The Morgan fingerprint density at radius 1 is 1.27 bits per heavy atom. The number of aliphatic hydroxyl groups is 1. The van der Waals surface area contributed by atoms with Crippen molar-refractivity contribution in [2.24, 2.45) is 0 Å². The number of hydrogen-bond acceptors (Lipinski definition) is 7. The summed E-state index contributed by atoms with van der Waals surface area (Å²) in [4.78, 5) is 25.0. The smallest absolute Gasteiger partial charge is 0.313 e. The number of piperidine rings is 1. The molecule has 1 aromatic rings. The van der Waals surface area contributed by atoms with E-state index in [1.165, 1.54) is 0 Å². The average Bonchev–Trinajstić information content (AvgIpc) is 2.61. The van der Waals surface area contributed by atoms with E-state index >= 15 is 0 Å². The lowest BCUT2D eigenvalue weighted by molar-refractivity contribution is -0.142. The molecule has 0 aromatic carbocycles. The predicted molar refractivity (Wildman–Crippen MR) is 97.8 cm³/mol. The Hall–Kier alpha value is -1.93. The summed E-state index contributed by atoms with van der Waals surface area (Å²) in [6, 6.07) is 0. The van der Waals surface area contributed by atoms with Gasteiger partial charge in [0.05, 0.1) is 24.2 Å². The second-order valence-electron chi connectivity index (χ2n) is 7.96. The highest BCUT2D eigenvalue weighted by atomic mass is 16.5. The maximum atomic E-state index is 11.8. The average molecular weight is 364 g/mol. The van der Waals surface area contributed by atoms with Crippen LogP contribution in [0.25, 0.3) is 0 Å². The number of hydrogen-bond donors (Lipinski definition) is 2. The van der Waals surface area contributed by atoms with Crippen LogP contribution in [0.5, 0.6) is 0 Å². The highest BCUT2D eigenvalue weighted by molar-refractivity contribution is 5.82. The van der Waals surface area contributed by atoms with Crippen molar-refractivity contribution in [1.82, 2.24) is 9.97 Å². The molecule has 2 saturated heterocycles. The zero-order valence-electron chi connectivity index (χ0n) is 15.7. The number of aromatic nitrogens is 2. The van der Waals surface area contributed by atoms with Gasteiger partial charge in [-0.2, -0.15) is 4.98 Å². The fourth-order valence-electron chi connectivity index (χ4n) is 3.48. The maximum Gasteiger partial charge on any atom is 0.313 e. The SMILES string of the molecule is CC(C)(C(=O)O)c1cnc(N2CCC[C@@](C)(O)C2)nc1N1CCOCC1. The Labute approximate surface area is 153 Å². The molecule has 0 saturated carbocycles. The molecule has 2 aliphatic heterocycles. The van der Waals surface area contributed by atoms with Crippen molar-refractivity contribution in [3.05, 3.63) is 11.8 Å². The highest BCUT2D eigenvalue weighted by Crippen LogP contribution is 2.33. The molecule has 144 valence electrons. The fraction of sp³-hybridized carbons (Fsp3) is 0.722. The van der Waals surface area contributed by atoms with Crippen LogP contribution in [0.15, 0.2) is 6.20 Å². The van der Waals surface area contributed by atoms with E-state index in [-0.39, 0.29) is 0 Å². The van der Waals surface area contributed by atoms with Gasteiger partial charge in [0.15, 0.2) is 0 Å². The van der Waals surface area contributed by atoms with Crippen molar-refractivity contribution >= 4 is 17.7 Å². The summed E-state index contributed by atoms with van der Waals surface area (Å²) in [5, 5.41) is 20.0. The summed E-state index contributed by atoms with van der Waals surface area (Å²) in [6.45, 7) is 8.91. The molecule has 2 aliphatic rings. The maximum absolute atomic E-state index is 11.8.